The number of carbonyl (C=O) groups is 1. The molecule has 0 aromatic carbocycles. The van der Waals surface area contributed by atoms with Gasteiger partial charge in [0, 0.05) is 18.9 Å². The van der Waals surface area contributed by atoms with Crippen molar-refractivity contribution in [3.63, 3.8) is 0 Å². The van der Waals surface area contributed by atoms with Crippen LogP contribution in [-0.4, -0.2) is 39.2 Å². The number of aromatic amines is 1. The summed E-state index contributed by atoms with van der Waals surface area (Å²) in [6, 6.07) is 1.71. The van der Waals surface area contributed by atoms with Gasteiger partial charge in [-0.3, -0.25) is 9.78 Å². The summed E-state index contributed by atoms with van der Waals surface area (Å²) in [5.74, 6) is -0.117. The summed E-state index contributed by atoms with van der Waals surface area (Å²) in [4.78, 5) is 29.4. The molecule has 1 aliphatic heterocycles. The molecule has 26 heavy (non-hydrogen) atoms. The quantitative estimate of drug-likeness (QED) is 0.820. The van der Waals surface area contributed by atoms with Crippen LogP contribution in [0, 0.1) is 0 Å². The average molecular weight is 376 g/mol. The Morgan fingerprint density at radius 2 is 1.96 bits per heavy atom. The molecule has 0 aliphatic carbocycles. The number of oxazole rings is 1. The minimum absolute atomic E-state index is 0.0117. The van der Waals surface area contributed by atoms with Gasteiger partial charge in [0.25, 0.3) is 0 Å². The van der Waals surface area contributed by atoms with Crippen LogP contribution in [0.1, 0.15) is 40.2 Å². The zero-order chi connectivity index (χ0) is 19.1. The molecule has 0 radical (unpaired) electrons. The number of H-pyrrole nitrogens is 1. The molecule has 1 saturated heterocycles. The van der Waals surface area contributed by atoms with Crippen molar-refractivity contribution in [1.29, 1.82) is 0 Å². The summed E-state index contributed by atoms with van der Waals surface area (Å²) in [6.07, 6.45) is 3.48. The molecule has 3 heterocycles. The number of fused-ring (bicyclic) bond motifs is 1. The second-order valence-electron chi connectivity index (χ2n) is 7.22. The zero-order valence-corrected chi connectivity index (χ0v) is 16.2. The number of rotatable bonds is 4. The van der Waals surface area contributed by atoms with E-state index in [-0.39, 0.29) is 5.12 Å². The van der Waals surface area contributed by atoms with Crippen molar-refractivity contribution in [1.82, 2.24) is 9.97 Å². The lowest BCUT2D eigenvalue weighted by molar-refractivity contribution is -0.109. The van der Waals surface area contributed by atoms with Gasteiger partial charge in [0.2, 0.25) is 0 Å². The van der Waals surface area contributed by atoms with Gasteiger partial charge in [-0.05, 0) is 44.8 Å². The Morgan fingerprint density at radius 1 is 1.31 bits per heavy atom. The second kappa shape index (κ2) is 6.72. The lowest BCUT2D eigenvalue weighted by atomic mass is 9.78. The average Bonchev–Trinajstić information content (AvgIpc) is 2.98. The minimum Gasteiger partial charge on any atom is -0.406 e. The van der Waals surface area contributed by atoms with E-state index in [1.165, 1.54) is 18.7 Å². The van der Waals surface area contributed by atoms with Crippen LogP contribution in [0.5, 0.6) is 0 Å². The Balaban J connectivity index is 1.95. The summed E-state index contributed by atoms with van der Waals surface area (Å²) >= 11 is 1.19. The van der Waals surface area contributed by atoms with E-state index in [0.717, 1.165) is 11.0 Å². The van der Waals surface area contributed by atoms with Crippen LogP contribution in [0.2, 0.25) is 0 Å². The lowest BCUT2D eigenvalue weighted by Gasteiger charge is -2.32. The van der Waals surface area contributed by atoms with Crippen molar-refractivity contribution in [2.75, 3.05) is 5.75 Å². The minimum atomic E-state index is -0.569. The van der Waals surface area contributed by atoms with Gasteiger partial charge in [0.05, 0.1) is 11.2 Å². The van der Waals surface area contributed by atoms with Gasteiger partial charge in [-0.1, -0.05) is 17.8 Å². The monoisotopic (exact) mass is 376 g/mol. The molecule has 9 heteroatoms. The van der Waals surface area contributed by atoms with Gasteiger partial charge in [0.1, 0.15) is 0 Å². The molecular weight excluding hydrogens is 355 g/mol. The van der Waals surface area contributed by atoms with Gasteiger partial charge in [-0.15, -0.1) is 0 Å². The zero-order valence-electron chi connectivity index (χ0n) is 15.4. The number of hydrogen-bond donors (Lipinski definition) is 1. The van der Waals surface area contributed by atoms with Crippen molar-refractivity contribution < 1.29 is 18.5 Å². The van der Waals surface area contributed by atoms with Crippen LogP contribution in [-0.2, 0) is 14.1 Å². The summed E-state index contributed by atoms with van der Waals surface area (Å²) < 4.78 is 17.3. The van der Waals surface area contributed by atoms with E-state index < -0.39 is 24.1 Å². The highest BCUT2D eigenvalue weighted by atomic mass is 32.2. The number of aromatic nitrogens is 2. The Bertz CT molecular complexity index is 915. The standard InChI is InChI=1S/C17H21BN2O5S/c1-10(21)26-9-12(18-24-16(2,3)17(4,5)25-18)6-11-7-13-14(19-8-11)20-15(22)23-13/h6-8H,9H2,1-5H3,(H,19,20,22). The maximum absolute atomic E-state index is 11.4. The molecule has 1 aliphatic rings. The highest BCUT2D eigenvalue weighted by molar-refractivity contribution is 8.13. The Hall–Kier alpha value is -1.84. The van der Waals surface area contributed by atoms with Gasteiger partial charge in [-0.25, -0.2) is 9.78 Å². The molecule has 0 amide bonds. The van der Waals surface area contributed by atoms with Gasteiger partial charge in [0.15, 0.2) is 16.3 Å². The van der Waals surface area contributed by atoms with Crippen LogP contribution >= 0.6 is 11.8 Å². The maximum atomic E-state index is 11.4. The normalized spacial score (nSPS) is 19.3. The smallest absolute Gasteiger partial charge is 0.406 e. The molecule has 138 valence electrons. The molecule has 2 aromatic heterocycles. The third-order valence-electron chi connectivity index (χ3n) is 4.65. The first-order valence-electron chi connectivity index (χ1n) is 8.26. The predicted octanol–water partition coefficient (Wildman–Crippen LogP) is 2.81. The summed E-state index contributed by atoms with van der Waals surface area (Å²) in [5.41, 5.74) is 1.34. The van der Waals surface area contributed by atoms with Gasteiger partial charge >= 0.3 is 12.9 Å². The highest BCUT2D eigenvalue weighted by Gasteiger charge is 2.52. The fraction of sp³-hybridized carbons (Fsp3) is 0.471. The summed E-state index contributed by atoms with van der Waals surface area (Å²) in [7, 11) is -0.569. The Morgan fingerprint density at radius 3 is 2.58 bits per heavy atom. The largest absolute Gasteiger partial charge is 0.491 e. The van der Waals surface area contributed by atoms with Crippen LogP contribution in [0.3, 0.4) is 0 Å². The Labute approximate surface area is 155 Å². The highest BCUT2D eigenvalue weighted by Crippen LogP contribution is 2.39. The molecule has 0 bridgehead atoms. The van der Waals surface area contributed by atoms with Crippen molar-refractivity contribution in [2.24, 2.45) is 0 Å². The number of hydrogen-bond acceptors (Lipinski definition) is 7. The number of thioether (sulfide) groups is 1. The van der Waals surface area contributed by atoms with E-state index in [9.17, 15) is 9.59 Å². The topological polar surface area (TPSA) is 94.4 Å². The van der Waals surface area contributed by atoms with E-state index in [0.29, 0.717) is 17.0 Å². The Kier molecular flexibility index (Phi) is 4.89. The van der Waals surface area contributed by atoms with E-state index in [4.69, 9.17) is 13.7 Å². The first-order valence-corrected chi connectivity index (χ1v) is 9.24. The molecule has 1 fully saturated rings. The van der Waals surface area contributed by atoms with E-state index in [2.05, 4.69) is 9.97 Å². The van der Waals surface area contributed by atoms with Crippen LogP contribution in [0.25, 0.3) is 17.3 Å². The van der Waals surface area contributed by atoms with E-state index in [1.807, 2.05) is 33.8 Å². The maximum Gasteiger partial charge on any atom is 0.491 e. The van der Waals surface area contributed by atoms with Crippen molar-refractivity contribution >= 4 is 41.3 Å². The van der Waals surface area contributed by atoms with Crippen LogP contribution in [0.4, 0.5) is 0 Å². The molecule has 0 spiro atoms. The third kappa shape index (κ3) is 3.79. The second-order valence-corrected chi connectivity index (χ2v) is 8.37. The molecule has 7 nitrogen and oxygen atoms in total. The molecular formula is C17H21BN2O5S. The number of nitrogens with zero attached hydrogens (tertiary/aromatic N) is 1. The SMILES string of the molecule is CC(=O)SCC(=Cc1cnc2[nH]c(=O)oc2c1)B1OC(C)(C)C(C)(C)O1. The lowest BCUT2D eigenvalue weighted by Crippen LogP contribution is -2.41. The molecule has 0 unspecified atom stereocenters. The van der Waals surface area contributed by atoms with Crippen molar-refractivity contribution in [3.05, 3.63) is 33.8 Å². The van der Waals surface area contributed by atoms with E-state index >= 15 is 0 Å². The van der Waals surface area contributed by atoms with Crippen molar-refractivity contribution in [3.8, 4) is 0 Å². The molecule has 2 aromatic rings. The molecule has 3 rings (SSSR count). The third-order valence-corrected chi connectivity index (χ3v) is 5.53. The first kappa shape index (κ1) is 18.9. The predicted molar refractivity (Wildman–Crippen MR) is 102 cm³/mol. The van der Waals surface area contributed by atoms with E-state index in [1.54, 1.807) is 12.3 Å². The van der Waals surface area contributed by atoms with Gasteiger partial charge < -0.3 is 13.7 Å². The number of pyridine rings is 1. The molecule has 0 saturated carbocycles. The summed E-state index contributed by atoms with van der Waals surface area (Å²) in [6.45, 7) is 9.43. The number of nitrogens with one attached hydrogen (secondary N) is 1. The first-order chi connectivity index (χ1) is 12.1. The fourth-order valence-corrected chi connectivity index (χ4v) is 3.09. The van der Waals surface area contributed by atoms with Crippen molar-refractivity contribution in [2.45, 2.75) is 45.8 Å². The number of carbonyl (C=O) groups excluding carboxylic acids is 1. The van der Waals surface area contributed by atoms with Crippen LogP contribution < -0.4 is 5.76 Å². The van der Waals surface area contributed by atoms with Crippen LogP contribution in [0.15, 0.2) is 26.9 Å². The fourth-order valence-electron chi connectivity index (χ4n) is 2.50. The summed E-state index contributed by atoms with van der Waals surface area (Å²) in [5, 5.41) is 0.0117. The van der Waals surface area contributed by atoms with Gasteiger partial charge in [-0.2, -0.15) is 0 Å². The molecule has 1 N–H and O–H groups in total. The molecule has 0 atom stereocenters.